The van der Waals surface area contributed by atoms with Crippen molar-refractivity contribution in [1.82, 2.24) is 15.1 Å². The van der Waals surface area contributed by atoms with Gasteiger partial charge in [-0.05, 0) is 45.9 Å². The minimum absolute atomic E-state index is 0.0908. The molecule has 1 fully saturated rings. The lowest BCUT2D eigenvalue weighted by Gasteiger charge is -2.35. The number of nitrogens with two attached hydrogens (primary N) is 1. The van der Waals surface area contributed by atoms with Crippen molar-refractivity contribution in [3.8, 4) is 0 Å². The molecule has 2 amide bonds. The fourth-order valence-electron chi connectivity index (χ4n) is 3.17. The monoisotopic (exact) mass is 554 g/mol. The van der Waals surface area contributed by atoms with Crippen molar-refractivity contribution >= 4 is 23.4 Å². The summed E-state index contributed by atoms with van der Waals surface area (Å²) in [6, 6.07) is 7.16. The Bertz CT molecular complexity index is 842. The van der Waals surface area contributed by atoms with Crippen molar-refractivity contribution < 1.29 is 34.1 Å². The predicted octanol–water partition coefficient (Wildman–Crippen LogP) is 2.57. The zero-order valence-electron chi connectivity index (χ0n) is 25.0. The summed E-state index contributed by atoms with van der Waals surface area (Å²) in [6.07, 6.45) is 0.835. The summed E-state index contributed by atoms with van der Waals surface area (Å²) in [5.41, 5.74) is 5.80. The summed E-state index contributed by atoms with van der Waals surface area (Å²) in [5.74, 6) is -0.220. The first-order valence-electron chi connectivity index (χ1n) is 13.0. The molecular formula is C28H50N4O7. The molecule has 5 N–H and O–H groups in total. The normalized spacial score (nSPS) is 13.4. The average molecular weight is 555 g/mol. The summed E-state index contributed by atoms with van der Waals surface area (Å²) >= 11 is 0. The first kappa shape index (κ1) is 38.2. The van der Waals surface area contributed by atoms with Crippen molar-refractivity contribution in [2.24, 2.45) is 5.73 Å². The van der Waals surface area contributed by atoms with E-state index >= 15 is 0 Å². The average Bonchev–Trinajstić information content (AvgIpc) is 2.94. The number of aliphatic hydroxyl groups is 2. The second-order valence-electron chi connectivity index (χ2n) is 9.11. The predicted molar refractivity (Wildman–Crippen MR) is 154 cm³/mol. The van der Waals surface area contributed by atoms with Gasteiger partial charge in [0.2, 0.25) is 5.91 Å². The third-order valence-corrected chi connectivity index (χ3v) is 5.19. The summed E-state index contributed by atoms with van der Waals surface area (Å²) in [6.45, 7) is 13.0. The molecule has 1 saturated heterocycles. The highest BCUT2D eigenvalue weighted by Crippen LogP contribution is 2.17. The molecule has 1 aromatic rings. The van der Waals surface area contributed by atoms with Crippen molar-refractivity contribution in [3.05, 3.63) is 41.7 Å². The second-order valence-corrected chi connectivity index (χ2v) is 9.11. The van der Waals surface area contributed by atoms with E-state index < -0.39 is 5.60 Å². The van der Waals surface area contributed by atoms with E-state index in [1.807, 2.05) is 44.7 Å². The Morgan fingerprint density at radius 1 is 1.03 bits per heavy atom. The van der Waals surface area contributed by atoms with Gasteiger partial charge in [0.15, 0.2) is 5.78 Å². The molecule has 0 radical (unpaired) electrons. The van der Waals surface area contributed by atoms with E-state index in [1.54, 1.807) is 31.1 Å². The molecule has 2 rings (SSSR count). The van der Waals surface area contributed by atoms with Crippen LogP contribution in [0.5, 0.6) is 0 Å². The fourth-order valence-corrected chi connectivity index (χ4v) is 3.17. The van der Waals surface area contributed by atoms with Gasteiger partial charge in [-0.3, -0.25) is 14.5 Å². The number of benzene rings is 1. The number of ketones is 1. The first-order chi connectivity index (χ1) is 18.5. The van der Waals surface area contributed by atoms with Crippen LogP contribution in [0, 0.1) is 0 Å². The number of Topliss-reactive ketones (excluding diaryl/α,β-unsaturated/α-hetero) is 1. The Hall–Kier alpha value is -2.99. The zero-order chi connectivity index (χ0) is 30.4. The Balaban J connectivity index is 0. The molecule has 0 spiro atoms. The molecule has 0 unspecified atom stereocenters. The van der Waals surface area contributed by atoms with Crippen LogP contribution in [0.2, 0.25) is 0 Å². The van der Waals surface area contributed by atoms with Crippen molar-refractivity contribution in [3.63, 3.8) is 0 Å². The number of nitrogens with zero attached hydrogens (tertiary/aromatic N) is 2. The second kappa shape index (κ2) is 21.9. The van der Waals surface area contributed by atoms with Gasteiger partial charge >= 0.3 is 6.09 Å². The highest BCUT2D eigenvalue weighted by Gasteiger charge is 2.26. The highest BCUT2D eigenvalue weighted by molar-refractivity contribution is 6.20. The van der Waals surface area contributed by atoms with Gasteiger partial charge in [-0.25, -0.2) is 4.79 Å². The van der Waals surface area contributed by atoms with Gasteiger partial charge in [0, 0.05) is 60.0 Å². The van der Waals surface area contributed by atoms with Gasteiger partial charge in [-0.2, -0.15) is 0 Å². The molecule has 11 nitrogen and oxygen atoms in total. The molecule has 1 heterocycles. The number of allylic oxidation sites excluding steroid dienone is 1. The number of hydrogen-bond acceptors (Lipinski definition) is 9. The number of carbonyl (C=O) groups excluding carboxylic acids is 3. The maximum Gasteiger partial charge on any atom is 0.410 e. The van der Waals surface area contributed by atoms with Crippen LogP contribution in [0.4, 0.5) is 4.79 Å². The number of methoxy groups -OCH3 is 1. The largest absolute Gasteiger partial charge is 0.515 e. The lowest BCUT2D eigenvalue weighted by Crippen LogP contribution is -2.52. The number of nitrogens with one attached hydrogen (secondary N) is 1. The van der Waals surface area contributed by atoms with Crippen LogP contribution in [0.3, 0.4) is 0 Å². The lowest BCUT2D eigenvalue weighted by atomic mass is 10.0. The quantitative estimate of drug-likeness (QED) is 0.280. The van der Waals surface area contributed by atoms with E-state index in [9.17, 15) is 19.5 Å². The van der Waals surface area contributed by atoms with Gasteiger partial charge in [0.25, 0.3) is 0 Å². The molecule has 0 bridgehead atoms. The minimum atomic E-state index is -0.520. The topological polar surface area (TPSA) is 155 Å². The number of aliphatic hydroxyl groups excluding tert-OH is 2. The third kappa shape index (κ3) is 16.6. The maximum atomic E-state index is 12.3. The van der Waals surface area contributed by atoms with Crippen LogP contribution in [-0.2, 0) is 25.6 Å². The summed E-state index contributed by atoms with van der Waals surface area (Å²) in [5, 5.41) is 19.2. The van der Waals surface area contributed by atoms with Gasteiger partial charge in [-0.15, -0.1) is 0 Å². The third-order valence-electron chi connectivity index (χ3n) is 5.19. The number of hydrogen-bond donors (Lipinski definition) is 4. The number of rotatable bonds is 8. The van der Waals surface area contributed by atoms with E-state index in [-0.39, 0.29) is 29.9 Å². The Labute approximate surface area is 233 Å². The number of carbonyl (C=O) groups is 3. The molecule has 1 aromatic carbocycles. The van der Waals surface area contributed by atoms with E-state index in [0.29, 0.717) is 44.7 Å². The molecule has 0 saturated carbocycles. The van der Waals surface area contributed by atoms with Crippen molar-refractivity contribution in [2.45, 2.75) is 53.2 Å². The van der Waals surface area contributed by atoms with E-state index in [0.717, 1.165) is 25.5 Å². The van der Waals surface area contributed by atoms with E-state index in [2.05, 4.69) is 15.8 Å². The molecule has 1 aliphatic heterocycles. The standard InChI is InChI=1S/C23H33N3O5.C3H8O.CH5N.CH4O/c1-5-20(28)19(16-27)18-8-6-17(7-9-18)14-24-21(29)15-25-10-12-26(13-11-25)22(30)31-23(2,3)4;1-3-4-2;2*1-2/h6-9,16,27H,5,10-15H2,1-4H3,(H,24,29);3H2,1-2H3;2H2,1H3;2H,1H3/b19-16-;;;. The molecule has 0 aliphatic carbocycles. The highest BCUT2D eigenvalue weighted by atomic mass is 16.6. The van der Waals surface area contributed by atoms with Crippen LogP contribution >= 0.6 is 0 Å². The van der Waals surface area contributed by atoms with Gasteiger partial charge in [0.1, 0.15) is 5.60 Å². The molecule has 1 aliphatic rings. The Morgan fingerprint density at radius 2 is 1.54 bits per heavy atom. The number of ether oxygens (including phenoxy) is 2. The fraction of sp³-hybridized carbons (Fsp3) is 0.607. The number of piperazine rings is 1. The molecular weight excluding hydrogens is 504 g/mol. The maximum absolute atomic E-state index is 12.3. The molecule has 224 valence electrons. The summed E-state index contributed by atoms with van der Waals surface area (Å²) < 4.78 is 9.93. The molecule has 11 heteroatoms. The summed E-state index contributed by atoms with van der Waals surface area (Å²) in [4.78, 5) is 39.9. The minimum Gasteiger partial charge on any atom is -0.515 e. The SMILES string of the molecule is CCC(=O)/C(=C\O)c1ccc(CNC(=O)CN2CCN(C(=O)OC(C)(C)C)CC2)cc1.CCOC.CN.CO. The molecule has 0 atom stereocenters. The first-order valence-corrected chi connectivity index (χ1v) is 13.0. The van der Waals surface area contributed by atoms with Crippen LogP contribution in [0.1, 0.15) is 52.2 Å². The van der Waals surface area contributed by atoms with Gasteiger partial charge in [0.05, 0.1) is 18.4 Å². The van der Waals surface area contributed by atoms with Crippen molar-refractivity contribution in [2.75, 3.05) is 60.6 Å². The molecule has 39 heavy (non-hydrogen) atoms. The molecule has 0 aromatic heterocycles. The smallest absolute Gasteiger partial charge is 0.410 e. The van der Waals surface area contributed by atoms with E-state index in [1.165, 1.54) is 7.05 Å². The van der Waals surface area contributed by atoms with Crippen LogP contribution in [0.25, 0.3) is 5.57 Å². The van der Waals surface area contributed by atoms with E-state index in [4.69, 9.17) is 9.84 Å². The van der Waals surface area contributed by atoms with Crippen molar-refractivity contribution in [1.29, 1.82) is 0 Å². The van der Waals surface area contributed by atoms with Crippen LogP contribution < -0.4 is 11.1 Å². The van der Waals surface area contributed by atoms with Gasteiger partial charge in [-0.1, -0.05) is 31.2 Å². The van der Waals surface area contributed by atoms with Gasteiger partial charge < -0.3 is 35.6 Å². The number of amides is 2. The Morgan fingerprint density at radius 3 is 1.95 bits per heavy atom. The Kier molecular flexibility index (Phi) is 21.4. The van der Waals surface area contributed by atoms with Crippen LogP contribution in [0.15, 0.2) is 30.5 Å². The zero-order valence-corrected chi connectivity index (χ0v) is 25.0. The summed E-state index contributed by atoms with van der Waals surface area (Å²) in [7, 11) is 4.18. The lowest BCUT2D eigenvalue weighted by molar-refractivity contribution is -0.122. The van der Waals surface area contributed by atoms with Crippen LogP contribution in [-0.4, -0.2) is 104 Å².